The molecular formula is C10H25N2+. The van der Waals surface area contributed by atoms with Crippen LogP contribution in [-0.2, 0) is 0 Å². The molecule has 0 saturated heterocycles. The summed E-state index contributed by atoms with van der Waals surface area (Å²) in [6.07, 6.45) is 0.546. The van der Waals surface area contributed by atoms with Gasteiger partial charge < -0.3 is 4.48 Å². The molecule has 0 aromatic carbocycles. The standard InChI is InChI=1S/C10H25N2/c1-8(2)9(3)10(11-4)12(5,6)7/h8-11H,1-7H3/q+1. The number of hydrogen-bond acceptors (Lipinski definition) is 1. The first-order valence-corrected chi connectivity index (χ1v) is 4.79. The Morgan fingerprint density at radius 2 is 1.42 bits per heavy atom. The maximum absolute atomic E-state index is 3.40. The summed E-state index contributed by atoms with van der Waals surface area (Å²) in [5.41, 5.74) is 0. The van der Waals surface area contributed by atoms with Crippen LogP contribution in [-0.4, -0.2) is 38.8 Å². The Kier molecular flexibility index (Phi) is 4.21. The van der Waals surface area contributed by atoms with Gasteiger partial charge in [-0.2, -0.15) is 0 Å². The highest BCUT2D eigenvalue weighted by atomic mass is 15.4. The molecule has 0 aromatic rings. The van der Waals surface area contributed by atoms with Crippen molar-refractivity contribution in [2.75, 3.05) is 28.2 Å². The van der Waals surface area contributed by atoms with E-state index in [1.807, 2.05) is 7.05 Å². The minimum Gasteiger partial charge on any atom is -0.316 e. The first-order valence-electron chi connectivity index (χ1n) is 4.79. The van der Waals surface area contributed by atoms with Gasteiger partial charge in [0.15, 0.2) is 0 Å². The monoisotopic (exact) mass is 173 g/mol. The van der Waals surface area contributed by atoms with Gasteiger partial charge in [0.1, 0.15) is 6.17 Å². The molecule has 0 radical (unpaired) electrons. The fourth-order valence-electron chi connectivity index (χ4n) is 1.72. The van der Waals surface area contributed by atoms with Gasteiger partial charge in [-0.25, -0.2) is 0 Å². The van der Waals surface area contributed by atoms with E-state index in [1.54, 1.807) is 0 Å². The lowest BCUT2D eigenvalue weighted by Gasteiger charge is -2.39. The molecule has 0 aromatic heterocycles. The Morgan fingerprint density at radius 3 is 1.50 bits per heavy atom. The maximum Gasteiger partial charge on any atom is 0.144 e. The molecule has 2 heteroatoms. The summed E-state index contributed by atoms with van der Waals surface area (Å²) < 4.78 is 0.982. The van der Waals surface area contributed by atoms with Crippen LogP contribution in [0.4, 0.5) is 0 Å². The fourth-order valence-corrected chi connectivity index (χ4v) is 1.72. The van der Waals surface area contributed by atoms with Crippen LogP contribution in [0.3, 0.4) is 0 Å². The molecule has 2 unspecified atom stereocenters. The van der Waals surface area contributed by atoms with Crippen molar-refractivity contribution in [1.82, 2.24) is 5.32 Å². The van der Waals surface area contributed by atoms with Crippen molar-refractivity contribution in [2.45, 2.75) is 26.9 Å². The van der Waals surface area contributed by atoms with Crippen molar-refractivity contribution >= 4 is 0 Å². The van der Waals surface area contributed by atoms with Crippen LogP contribution in [0.15, 0.2) is 0 Å². The van der Waals surface area contributed by atoms with Gasteiger partial charge in [-0.3, -0.25) is 5.32 Å². The Labute approximate surface area is 77.5 Å². The summed E-state index contributed by atoms with van der Waals surface area (Å²) in [5, 5.41) is 3.40. The zero-order chi connectivity index (χ0) is 9.94. The highest BCUT2D eigenvalue weighted by Crippen LogP contribution is 2.18. The van der Waals surface area contributed by atoms with Gasteiger partial charge in [0, 0.05) is 5.92 Å². The predicted octanol–water partition coefficient (Wildman–Crippen LogP) is 1.53. The van der Waals surface area contributed by atoms with E-state index >= 15 is 0 Å². The van der Waals surface area contributed by atoms with Gasteiger partial charge in [0.2, 0.25) is 0 Å². The molecule has 1 N–H and O–H groups in total. The molecule has 74 valence electrons. The minimum absolute atomic E-state index is 0.546. The van der Waals surface area contributed by atoms with Crippen molar-refractivity contribution in [3.63, 3.8) is 0 Å². The van der Waals surface area contributed by atoms with E-state index in [0.717, 1.165) is 10.4 Å². The van der Waals surface area contributed by atoms with Crippen molar-refractivity contribution in [3.05, 3.63) is 0 Å². The highest BCUT2D eigenvalue weighted by Gasteiger charge is 2.29. The zero-order valence-corrected chi connectivity index (χ0v) is 9.68. The summed E-state index contributed by atoms with van der Waals surface area (Å²) in [5.74, 6) is 1.44. The first kappa shape index (κ1) is 11.9. The van der Waals surface area contributed by atoms with E-state index in [2.05, 4.69) is 47.2 Å². The molecule has 2 atom stereocenters. The summed E-state index contributed by atoms with van der Waals surface area (Å²) in [4.78, 5) is 0. The molecule has 0 fully saturated rings. The molecule has 0 bridgehead atoms. The lowest BCUT2D eigenvalue weighted by Crippen LogP contribution is -2.56. The number of rotatable bonds is 4. The number of hydrogen-bond donors (Lipinski definition) is 1. The van der Waals surface area contributed by atoms with E-state index in [1.165, 1.54) is 0 Å². The molecular weight excluding hydrogens is 148 g/mol. The van der Waals surface area contributed by atoms with Gasteiger partial charge >= 0.3 is 0 Å². The second-order valence-corrected chi connectivity index (χ2v) is 4.95. The molecule has 0 aliphatic heterocycles. The van der Waals surface area contributed by atoms with Gasteiger partial charge in [-0.15, -0.1) is 0 Å². The molecule has 0 heterocycles. The van der Waals surface area contributed by atoms with E-state index in [4.69, 9.17) is 0 Å². The van der Waals surface area contributed by atoms with Crippen LogP contribution < -0.4 is 5.32 Å². The molecule has 12 heavy (non-hydrogen) atoms. The van der Waals surface area contributed by atoms with Crippen LogP contribution in [0, 0.1) is 11.8 Å². The average molecular weight is 173 g/mol. The normalized spacial score (nSPS) is 18.0. The first-order chi connectivity index (χ1) is 5.30. The van der Waals surface area contributed by atoms with Gasteiger partial charge in [-0.1, -0.05) is 20.8 Å². The summed E-state index contributed by atoms with van der Waals surface area (Å²) in [6.45, 7) is 6.88. The van der Waals surface area contributed by atoms with E-state index < -0.39 is 0 Å². The topological polar surface area (TPSA) is 12.0 Å². The largest absolute Gasteiger partial charge is 0.316 e. The van der Waals surface area contributed by atoms with E-state index in [9.17, 15) is 0 Å². The Morgan fingerprint density at radius 1 is 1.00 bits per heavy atom. The van der Waals surface area contributed by atoms with E-state index in [-0.39, 0.29) is 0 Å². The van der Waals surface area contributed by atoms with Crippen molar-refractivity contribution < 1.29 is 4.48 Å². The van der Waals surface area contributed by atoms with Gasteiger partial charge in [0.05, 0.1) is 21.1 Å². The number of nitrogens with zero attached hydrogens (tertiary/aromatic N) is 1. The molecule has 0 aliphatic carbocycles. The Hall–Kier alpha value is -0.0800. The lowest BCUT2D eigenvalue weighted by atomic mass is 9.93. The second-order valence-electron chi connectivity index (χ2n) is 4.95. The third-order valence-electron chi connectivity index (χ3n) is 2.68. The van der Waals surface area contributed by atoms with Crippen LogP contribution >= 0.6 is 0 Å². The molecule has 0 amide bonds. The fraction of sp³-hybridized carbons (Fsp3) is 1.00. The minimum atomic E-state index is 0.546. The Bertz CT molecular complexity index is 124. The molecule has 0 spiro atoms. The van der Waals surface area contributed by atoms with Crippen molar-refractivity contribution in [2.24, 2.45) is 11.8 Å². The lowest BCUT2D eigenvalue weighted by molar-refractivity contribution is -0.903. The summed E-state index contributed by atoms with van der Waals surface area (Å²) in [6, 6.07) is 0. The highest BCUT2D eigenvalue weighted by molar-refractivity contribution is 4.65. The average Bonchev–Trinajstić information content (AvgIpc) is 1.85. The van der Waals surface area contributed by atoms with Crippen LogP contribution in [0.2, 0.25) is 0 Å². The molecule has 0 saturated carbocycles. The molecule has 0 rings (SSSR count). The smallest absolute Gasteiger partial charge is 0.144 e. The second kappa shape index (κ2) is 4.24. The summed E-state index contributed by atoms with van der Waals surface area (Å²) in [7, 11) is 8.76. The van der Waals surface area contributed by atoms with Gasteiger partial charge in [-0.05, 0) is 13.0 Å². The predicted molar refractivity (Wildman–Crippen MR) is 54.9 cm³/mol. The Balaban J connectivity index is 4.35. The zero-order valence-electron chi connectivity index (χ0n) is 9.68. The van der Waals surface area contributed by atoms with Crippen LogP contribution in [0.5, 0.6) is 0 Å². The van der Waals surface area contributed by atoms with Gasteiger partial charge in [0.25, 0.3) is 0 Å². The maximum atomic E-state index is 3.40. The molecule has 2 nitrogen and oxygen atoms in total. The van der Waals surface area contributed by atoms with Crippen molar-refractivity contribution in [1.29, 1.82) is 0 Å². The quantitative estimate of drug-likeness (QED) is 0.502. The van der Waals surface area contributed by atoms with Crippen molar-refractivity contribution in [3.8, 4) is 0 Å². The molecule has 0 aliphatic rings. The third kappa shape index (κ3) is 3.11. The number of quaternary nitrogens is 1. The van der Waals surface area contributed by atoms with E-state index in [0.29, 0.717) is 12.1 Å². The van der Waals surface area contributed by atoms with Crippen LogP contribution in [0.1, 0.15) is 20.8 Å². The summed E-state index contributed by atoms with van der Waals surface area (Å²) >= 11 is 0. The SMILES string of the molecule is CNC(C(C)C(C)C)[N+](C)(C)C. The van der Waals surface area contributed by atoms with Crippen LogP contribution in [0.25, 0.3) is 0 Å². The number of nitrogens with one attached hydrogen (secondary N) is 1. The third-order valence-corrected chi connectivity index (χ3v) is 2.68.